The number of benzene rings is 2. The Bertz CT molecular complexity index is 577. The topological polar surface area (TPSA) is 38.0 Å². The third-order valence-electron chi connectivity index (χ3n) is 2.89. The molecule has 0 radical (unpaired) electrons. The largest absolute Gasteiger partial charge is 0.271 e. The van der Waals surface area contributed by atoms with Crippen LogP contribution in [0.3, 0.4) is 0 Å². The van der Waals surface area contributed by atoms with Gasteiger partial charge in [-0.2, -0.15) is 0 Å². The number of nitrogens with one attached hydrogen (secondary N) is 1. The zero-order valence-electron chi connectivity index (χ0n) is 10.4. The average molecular weight is 297 g/mol. The number of nitrogens with two attached hydrogens (primary N) is 1. The summed E-state index contributed by atoms with van der Waals surface area (Å²) in [4.78, 5) is 1.06. The lowest BCUT2D eigenvalue weighted by Gasteiger charge is -2.20. The van der Waals surface area contributed by atoms with Crippen molar-refractivity contribution in [2.75, 3.05) is 6.26 Å². The summed E-state index contributed by atoms with van der Waals surface area (Å²) < 4.78 is 14.0. The van der Waals surface area contributed by atoms with Crippen molar-refractivity contribution in [3.63, 3.8) is 0 Å². The second-order valence-corrected chi connectivity index (χ2v) is 5.29. The van der Waals surface area contributed by atoms with Gasteiger partial charge in [0, 0.05) is 15.5 Å². The number of halogens is 2. The lowest BCUT2D eigenvalue weighted by Crippen LogP contribution is -2.29. The maximum absolute atomic E-state index is 14.0. The van der Waals surface area contributed by atoms with E-state index in [1.54, 1.807) is 23.9 Å². The van der Waals surface area contributed by atoms with Gasteiger partial charge in [-0.15, -0.1) is 11.8 Å². The van der Waals surface area contributed by atoms with Crippen LogP contribution in [0.5, 0.6) is 0 Å². The van der Waals surface area contributed by atoms with E-state index in [1.807, 2.05) is 30.5 Å². The summed E-state index contributed by atoms with van der Waals surface area (Å²) in [6, 6.07) is 12.0. The first kappa shape index (κ1) is 14.3. The smallest absolute Gasteiger partial charge is 0.129 e. The van der Waals surface area contributed by atoms with E-state index < -0.39 is 6.04 Å². The molecule has 0 saturated carbocycles. The molecule has 2 rings (SSSR count). The van der Waals surface area contributed by atoms with Gasteiger partial charge in [0.05, 0.1) is 6.04 Å². The van der Waals surface area contributed by atoms with Crippen molar-refractivity contribution in [3.05, 3.63) is 64.4 Å². The Labute approximate surface area is 121 Å². The van der Waals surface area contributed by atoms with Gasteiger partial charge < -0.3 is 0 Å². The van der Waals surface area contributed by atoms with Gasteiger partial charge in [-0.05, 0) is 30.0 Å². The SMILES string of the molecule is CSc1ccccc1C(NN)c1ccc(Cl)cc1F. The van der Waals surface area contributed by atoms with Crippen molar-refractivity contribution < 1.29 is 4.39 Å². The van der Waals surface area contributed by atoms with E-state index in [0.717, 1.165) is 10.5 Å². The van der Waals surface area contributed by atoms with Gasteiger partial charge in [-0.1, -0.05) is 35.9 Å². The lowest BCUT2D eigenvalue weighted by atomic mass is 9.99. The van der Waals surface area contributed by atoms with Crippen LogP contribution in [-0.2, 0) is 0 Å². The molecule has 0 fully saturated rings. The molecule has 1 atom stereocenters. The fourth-order valence-electron chi connectivity index (χ4n) is 1.99. The summed E-state index contributed by atoms with van der Waals surface area (Å²) in [6.07, 6.45) is 1.98. The Morgan fingerprint density at radius 2 is 1.95 bits per heavy atom. The molecule has 1 unspecified atom stereocenters. The van der Waals surface area contributed by atoms with Gasteiger partial charge in [0.25, 0.3) is 0 Å². The van der Waals surface area contributed by atoms with Gasteiger partial charge in [-0.25, -0.2) is 9.82 Å². The van der Waals surface area contributed by atoms with Crippen LogP contribution in [0.4, 0.5) is 4.39 Å². The normalized spacial score (nSPS) is 12.4. The minimum Gasteiger partial charge on any atom is -0.271 e. The first-order valence-corrected chi connectivity index (χ1v) is 7.31. The molecule has 3 N–H and O–H groups in total. The van der Waals surface area contributed by atoms with Crippen molar-refractivity contribution in [2.45, 2.75) is 10.9 Å². The van der Waals surface area contributed by atoms with E-state index >= 15 is 0 Å². The third kappa shape index (κ3) is 3.09. The van der Waals surface area contributed by atoms with E-state index in [9.17, 15) is 4.39 Å². The number of thioether (sulfide) groups is 1. The molecule has 2 aromatic rings. The quantitative estimate of drug-likeness (QED) is 0.513. The zero-order chi connectivity index (χ0) is 13.8. The molecule has 0 heterocycles. The first-order chi connectivity index (χ1) is 9.17. The lowest BCUT2D eigenvalue weighted by molar-refractivity contribution is 0.556. The molecule has 100 valence electrons. The maximum atomic E-state index is 14.0. The van der Waals surface area contributed by atoms with Gasteiger partial charge in [0.15, 0.2) is 0 Å². The molecule has 0 saturated heterocycles. The average Bonchev–Trinajstić information content (AvgIpc) is 2.42. The Morgan fingerprint density at radius 3 is 2.58 bits per heavy atom. The van der Waals surface area contributed by atoms with Crippen molar-refractivity contribution in [3.8, 4) is 0 Å². The highest BCUT2D eigenvalue weighted by atomic mass is 35.5. The van der Waals surface area contributed by atoms with Crippen molar-refractivity contribution in [2.24, 2.45) is 5.84 Å². The highest BCUT2D eigenvalue weighted by molar-refractivity contribution is 7.98. The summed E-state index contributed by atoms with van der Waals surface area (Å²) in [5, 5.41) is 0.371. The van der Waals surface area contributed by atoms with Gasteiger partial charge in [0.1, 0.15) is 5.82 Å². The summed E-state index contributed by atoms with van der Waals surface area (Å²) in [7, 11) is 0. The van der Waals surface area contributed by atoms with Gasteiger partial charge in [0.2, 0.25) is 0 Å². The van der Waals surface area contributed by atoms with Crippen molar-refractivity contribution >= 4 is 23.4 Å². The first-order valence-electron chi connectivity index (χ1n) is 5.71. The molecule has 0 amide bonds. The standard InChI is InChI=1S/C14H14ClFN2S/c1-19-13-5-3-2-4-11(13)14(18-17)10-7-6-9(15)8-12(10)16/h2-8,14,18H,17H2,1H3. The number of rotatable bonds is 4. The highest BCUT2D eigenvalue weighted by Gasteiger charge is 2.19. The van der Waals surface area contributed by atoms with Crippen molar-refractivity contribution in [1.82, 2.24) is 5.43 Å². The second-order valence-electron chi connectivity index (χ2n) is 4.01. The Morgan fingerprint density at radius 1 is 1.21 bits per heavy atom. The molecule has 0 bridgehead atoms. The monoisotopic (exact) mass is 296 g/mol. The minimum absolute atomic E-state index is 0.369. The summed E-state index contributed by atoms with van der Waals surface area (Å²) in [6.45, 7) is 0. The van der Waals surface area contributed by atoms with E-state index in [4.69, 9.17) is 17.4 Å². The molecule has 19 heavy (non-hydrogen) atoms. The Kier molecular flexibility index (Phi) is 4.82. The van der Waals surface area contributed by atoms with E-state index in [2.05, 4.69) is 5.43 Å². The predicted molar refractivity (Wildman–Crippen MR) is 78.8 cm³/mol. The highest BCUT2D eigenvalue weighted by Crippen LogP contribution is 2.31. The maximum Gasteiger partial charge on any atom is 0.129 e. The Hall–Kier alpha value is -1.07. The zero-order valence-corrected chi connectivity index (χ0v) is 11.9. The number of hydrogen-bond donors (Lipinski definition) is 2. The minimum atomic E-state index is -0.402. The van der Waals surface area contributed by atoms with Gasteiger partial charge >= 0.3 is 0 Å². The van der Waals surface area contributed by atoms with Crippen LogP contribution >= 0.6 is 23.4 Å². The predicted octanol–water partition coefficient (Wildman–Crippen LogP) is 3.75. The van der Waals surface area contributed by atoms with Crippen LogP contribution < -0.4 is 11.3 Å². The number of hydrazine groups is 1. The van der Waals surface area contributed by atoms with Crippen LogP contribution in [0.1, 0.15) is 17.2 Å². The molecule has 5 heteroatoms. The van der Waals surface area contributed by atoms with Crippen LogP contribution in [0.2, 0.25) is 5.02 Å². The van der Waals surface area contributed by atoms with Crippen LogP contribution in [0, 0.1) is 5.82 Å². The molecule has 0 aromatic heterocycles. The summed E-state index contributed by atoms with van der Waals surface area (Å²) in [5.41, 5.74) is 4.10. The van der Waals surface area contributed by atoms with Crippen LogP contribution in [0.15, 0.2) is 47.4 Å². The summed E-state index contributed by atoms with van der Waals surface area (Å²) >= 11 is 7.37. The fraction of sp³-hybridized carbons (Fsp3) is 0.143. The van der Waals surface area contributed by atoms with Gasteiger partial charge in [-0.3, -0.25) is 5.84 Å². The van der Waals surface area contributed by atoms with E-state index in [1.165, 1.54) is 6.07 Å². The van der Waals surface area contributed by atoms with Crippen LogP contribution in [0.25, 0.3) is 0 Å². The van der Waals surface area contributed by atoms with Crippen molar-refractivity contribution in [1.29, 1.82) is 0 Å². The second kappa shape index (κ2) is 6.39. The molecule has 0 spiro atoms. The molecule has 0 aliphatic heterocycles. The van der Waals surface area contributed by atoms with Crippen LogP contribution in [-0.4, -0.2) is 6.26 Å². The molecule has 0 aliphatic rings. The summed E-state index contributed by atoms with van der Waals surface area (Å²) in [5.74, 6) is 5.24. The fourth-order valence-corrected chi connectivity index (χ4v) is 2.78. The Balaban J connectivity index is 2.50. The third-order valence-corrected chi connectivity index (χ3v) is 3.94. The molecule has 2 nitrogen and oxygen atoms in total. The molecular formula is C14H14ClFN2S. The van der Waals surface area contributed by atoms with E-state index in [0.29, 0.717) is 10.6 Å². The molecular weight excluding hydrogens is 283 g/mol. The molecule has 2 aromatic carbocycles. The van der Waals surface area contributed by atoms with E-state index in [-0.39, 0.29) is 5.82 Å². The number of hydrogen-bond acceptors (Lipinski definition) is 3. The molecule has 0 aliphatic carbocycles.